The number of thioether (sulfide) groups is 1. The molecule has 4 nitrogen and oxygen atoms in total. The summed E-state index contributed by atoms with van der Waals surface area (Å²) in [5, 5.41) is 0.822. The SMILES string of the molecule is CCc1ccc2nc(N(CCCN(C)C)C(=O)CCSc3ccc(C)cc3)sc2c1.Cl. The van der Waals surface area contributed by atoms with Crippen molar-refractivity contribution in [1.82, 2.24) is 9.88 Å². The molecule has 0 saturated heterocycles. The van der Waals surface area contributed by atoms with E-state index in [2.05, 4.69) is 75.3 Å². The third kappa shape index (κ3) is 7.49. The molecule has 0 fully saturated rings. The first kappa shape index (κ1) is 25.7. The Morgan fingerprint density at radius 3 is 2.52 bits per heavy atom. The number of hydrogen-bond acceptors (Lipinski definition) is 5. The van der Waals surface area contributed by atoms with E-state index in [0.29, 0.717) is 13.0 Å². The van der Waals surface area contributed by atoms with Gasteiger partial charge in [-0.25, -0.2) is 4.98 Å². The minimum absolute atomic E-state index is 0. The fourth-order valence-electron chi connectivity index (χ4n) is 3.19. The number of anilines is 1. The van der Waals surface area contributed by atoms with Crippen LogP contribution in [0.3, 0.4) is 0 Å². The molecule has 0 aliphatic carbocycles. The number of aryl methyl sites for hydroxylation is 2. The van der Waals surface area contributed by atoms with Crippen molar-refractivity contribution >= 4 is 56.8 Å². The van der Waals surface area contributed by atoms with Gasteiger partial charge in [-0.2, -0.15) is 0 Å². The topological polar surface area (TPSA) is 36.4 Å². The second kappa shape index (κ2) is 12.4. The largest absolute Gasteiger partial charge is 0.309 e. The maximum absolute atomic E-state index is 13.1. The molecule has 2 aromatic carbocycles. The van der Waals surface area contributed by atoms with Crippen LogP contribution in [0.1, 0.15) is 30.9 Å². The van der Waals surface area contributed by atoms with Gasteiger partial charge in [0.2, 0.25) is 5.91 Å². The van der Waals surface area contributed by atoms with Gasteiger partial charge in [0.05, 0.1) is 10.2 Å². The predicted molar refractivity (Wildman–Crippen MR) is 138 cm³/mol. The van der Waals surface area contributed by atoms with Crippen molar-refractivity contribution in [2.24, 2.45) is 0 Å². The number of amides is 1. The molecule has 0 saturated carbocycles. The summed E-state index contributed by atoms with van der Waals surface area (Å²) in [4.78, 5) is 23.2. The monoisotopic (exact) mass is 477 g/mol. The molecule has 1 heterocycles. The number of nitrogens with zero attached hydrogens (tertiary/aromatic N) is 3. The van der Waals surface area contributed by atoms with E-state index in [-0.39, 0.29) is 18.3 Å². The zero-order chi connectivity index (χ0) is 21.5. The molecular formula is C24H32ClN3OS2. The molecule has 0 unspecified atom stereocenters. The lowest BCUT2D eigenvalue weighted by Gasteiger charge is -2.21. The van der Waals surface area contributed by atoms with E-state index in [1.54, 1.807) is 23.1 Å². The molecule has 31 heavy (non-hydrogen) atoms. The highest BCUT2D eigenvalue weighted by atomic mass is 35.5. The average Bonchev–Trinajstić information content (AvgIpc) is 3.15. The van der Waals surface area contributed by atoms with Crippen LogP contribution in [0, 0.1) is 6.92 Å². The molecule has 0 aliphatic rings. The average molecular weight is 478 g/mol. The van der Waals surface area contributed by atoms with Gasteiger partial charge in [0, 0.05) is 23.6 Å². The highest BCUT2D eigenvalue weighted by Crippen LogP contribution is 2.30. The molecule has 3 aromatic rings. The molecule has 1 aromatic heterocycles. The summed E-state index contributed by atoms with van der Waals surface area (Å²) in [7, 11) is 4.13. The number of halogens is 1. The van der Waals surface area contributed by atoms with E-state index < -0.39 is 0 Å². The van der Waals surface area contributed by atoms with Crippen LogP contribution in [-0.2, 0) is 11.2 Å². The smallest absolute Gasteiger partial charge is 0.229 e. The van der Waals surface area contributed by atoms with Gasteiger partial charge in [-0.3, -0.25) is 9.69 Å². The number of rotatable bonds is 10. The first-order chi connectivity index (χ1) is 14.5. The van der Waals surface area contributed by atoms with Crippen molar-refractivity contribution in [2.75, 3.05) is 37.8 Å². The molecular weight excluding hydrogens is 446 g/mol. The molecule has 0 atom stereocenters. The van der Waals surface area contributed by atoms with E-state index in [1.165, 1.54) is 16.0 Å². The van der Waals surface area contributed by atoms with E-state index in [4.69, 9.17) is 4.98 Å². The molecule has 0 bridgehead atoms. The van der Waals surface area contributed by atoms with Gasteiger partial charge in [-0.05, 0) is 70.2 Å². The second-order valence-corrected chi connectivity index (χ2v) is 9.94. The maximum Gasteiger partial charge on any atom is 0.229 e. The quantitative estimate of drug-likeness (QED) is 0.333. The Morgan fingerprint density at radius 1 is 1.10 bits per heavy atom. The lowest BCUT2D eigenvalue weighted by Crippen LogP contribution is -2.33. The van der Waals surface area contributed by atoms with Crippen LogP contribution in [0.2, 0.25) is 0 Å². The Morgan fingerprint density at radius 2 is 1.84 bits per heavy atom. The van der Waals surface area contributed by atoms with Crippen molar-refractivity contribution in [2.45, 2.75) is 38.0 Å². The molecule has 0 spiro atoms. The van der Waals surface area contributed by atoms with E-state index in [0.717, 1.165) is 40.5 Å². The lowest BCUT2D eigenvalue weighted by atomic mass is 10.2. The Kier molecular flexibility index (Phi) is 10.3. The maximum atomic E-state index is 13.1. The first-order valence-electron chi connectivity index (χ1n) is 10.5. The third-order valence-corrected chi connectivity index (χ3v) is 7.03. The molecule has 1 amide bonds. The molecule has 7 heteroatoms. The van der Waals surface area contributed by atoms with Crippen LogP contribution in [-0.4, -0.2) is 48.7 Å². The number of benzene rings is 2. The minimum Gasteiger partial charge on any atom is -0.309 e. The van der Waals surface area contributed by atoms with Crippen LogP contribution in [0.15, 0.2) is 47.4 Å². The Labute approximate surface area is 200 Å². The van der Waals surface area contributed by atoms with Crippen LogP contribution >= 0.6 is 35.5 Å². The molecule has 0 radical (unpaired) electrons. The van der Waals surface area contributed by atoms with Crippen LogP contribution in [0.5, 0.6) is 0 Å². The van der Waals surface area contributed by atoms with Crippen LogP contribution in [0.4, 0.5) is 5.13 Å². The van der Waals surface area contributed by atoms with Gasteiger partial charge < -0.3 is 4.90 Å². The summed E-state index contributed by atoms with van der Waals surface area (Å²) in [6.07, 6.45) is 2.45. The van der Waals surface area contributed by atoms with E-state index in [9.17, 15) is 4.79 Å². The van der Waals surface area contributed by atoms with Crippen molar-refractivity contribution in [3.63, 3.8) is 0 Å². The van der Waals surface area contributed by atoms with Crippen LogP contribution < -0.4 is 4.90 Å². The third-order valence-electron chi connectivity index (χ3n) is 4.97. The van der Waals surface area contributed by atoms with Gasteiger partial charge in [0.1, 0.15) is 0 Å². The van der Waals surface area contributed by atoms with Gasteiger partial charge in [-0.1, -0.05) is 42.0 Å². The molecule has 3 rings (SSSR count). The van der Waals surface area contributed by atoms with Crippen molar-refractivity contribution in [1.29, 1.82) is 0 Å². The van der Waals surface area contributed by atoms with Gasteiger partial charge in [0.25, 0.3) is 0 Å². The standard InChI is InChI=1S/C24H31N3OS2.ClH/c1-5-19-9-12-21-22(17-19)30-24(25-21)27(15-6-14-26(3)4)23(28)13-16-29-20-10-7-18(2)8-11-20;/h7-12,17H,5-6,13-16H2,1-4H3;1H. The number of carbonyl (C=O) groups is 1. The van der Waals surface area contributed by atoms with Crippen molar-refractivity contribution in [3.05, 3.63) is 53.6 Å². The van der Waals surface area contributed by atoms with Gasteiger partial charge in [-0.15, -0.1) is 24.2 Å². The van der Waals surface area contributed by atoms with E-state index in [1.807, 2.05) is 4.90 Å². The lowest BCUT2D eigenvalue weighted by molar-refractivity contribution is -0.118. The normalized spacial score (nSPS) is 11.0. The highest BCUT2D eigenvalue weighted by molar-refractivity contribution is 7.99. The van der Waals surface area contributed by atoms with Gasteiger partial charge in [0.15, 0.2) is 5.13 Å². The molecule has 168 valence electrons. The summed E-state index contributed by atoms with van der Waals surface area (Å²) < 4.78 is 1.16. The zero-order valence-electron chi connectivity index (χ0n) is 18.8. The fraction of sp³-hybridized carbons (Fsp3) is 0.417. The number of carbonyl (C=O) groups excluding carboxylic acids is 1. The highest BCUT2D eigenvalue weighted by Gasteiger charge is 2.19. The first-order valence-corrected chi connectivity index (χ1v) is 12.3. The Balaban J connectivity index is 0.00000341. The number of aromatic nitrogens is 1. The predicted octanol–water partition coefficient (Wildman–Crippen LogP) is 6.06. The summed E-state index contributed by atoms with van der Waals surface area (Å²) in [6, 6.07) is 14.9. The Bertz CT molecular complexity index is 973. The minimum atomic E-state index is 0. The summed E-state index contributed by atoms with van der Waals surface area (Å²) >= 11 is 3.36. The van der Waals surface area contributed by atoms with Gasteiger partial charge >= 0.3 is 0 Å². The van der Waals surface area contributed by atoms with Crippen molar-refractivity contribution in [3.8, 4) is 0 Å². The Hall–Kier alpha value is -1.60. The van der Waals surface area contributed by atoms with E-state index >= 15 is 0 Å². The molecule has 0 aliphatic heterocycles. The van der Waals surface area contributed by atoms with Crippen molar-refractivity contribution < 1.29 is 4.79 Å². The molecule has 0 N–H and O–H groups in total. The number of hydrogen-bond donors (Lipinski definition) is 0. The zero-order valence-corrected chi connectivity index (χ0v) is 21.2. The summed E-state index contributed by atoms with van der Waals surface area (Å²) in [5.41, 5.74) is 3.54. The van der Waals surface area contributed by atoms with Crippen LogP contribution in [0.25, 0.3) is 10.2 Å². The number of fused-ring (bicyclic) bond motifs is 1. The fourth-order valence-corrected chi connectivity index (χ4v) is 5.10. The summed E-state index contributed by atoms with van der Waals surface area (Å²) in [6.45, 7) is 5.90. The summed E-state index contributed by atoms with van der Waals surface area (Å²) in [5.74, 6) is 0.930. The number of thiazole rings is 1. The second-order valence-electron chi connectivity index (χ2n) is 7.77.